The van der Waals surface area contributed by atoms with E-state index in [9.17, 15) is 4.79 Å². The Hall–Kier alpha value is -2.15. The van der Waals surface area contributed by atoms with Crippen LogP contribution in [0.5, 0.6) is 0 Å². The number of hydrogen-bond donors (Lipinski definition) is 1. The highest BCUT2D eigenvalue weighted by Crippen LogP contribution is 2.16. The number of carbonyl (C=O) groups is 1. The van der Waals surface area contributed by atoms with Gasteiger partial charge in [-0.25, -0.2) is 14.3 Å². The molecule has 7 heteroatoms. The Kier molecular flexibility index (Phi) is 3.04. The van der Waals surface area contributed by atoms with E-state index in [0.717, 1.165) is 31.9 Å². The summed E-state index contributed by atoms with van der Waals surface area (Å²) in [4.78, 5) is 17.6. The number of carboxylic acid groups (broad SMARTS) is 1. The molecule has 3 rings (SSSR count). The first-order valence-corrected chi connectivity index (χ1v) is 6.16. The highest BCUT2D eigenvalue weighted by atomic mass is 16.5. The van der Waals surface area contributed by atoms with Crippen LogP contribution in [-0.4, -0.2) is 52.0 Å². The molecule has 0 aromatic carbocycles. The second kappa shape index (κ2) is 4.85. The number of aromatic nitrogens is 3. The summed E-state index contributed by atoms with van der Waals surface area (Å²) in [6.07, 6.45) is 3.99. The van der Waals surface area contributed by atoms with Crippen molar-refractivity contribution in [2.75, 3.05) is 31.2 Å². The summed E-state index contributed by atoms with van der Waals surface area (Å²) in [6, 6.07) is 1.84. The largest absolute Gasteiger partial charge is 0.477 e. The van der Waals surface area contributed by atoms with Crippen molar-refractivity contribution in [2.24, 2.45) is 0 Å². The first-order valence-electron chi connectivity index (χ1n) is 6.16. The van der Waals surface area contributed by atoms with Gasteiger partial charge in [-0.15, -0.1) is 0 Å². The van der Waals surface area contributed by atoms with E-state index < -0.39 is 5.97 Å². The Bertz CT molecular complexity index is 602. The Morgan fingerprint density at radius 2 is 2.26 bits per heavy atom. The van der Waals surface area contributed by atoms with Crippen LogP contribution in [-0.2, 0) is 4.74 Å². The van der Waals surface area contributed by atoms with Crippen LogP contribution in [0.2, 0.25) is 0 Å². The van der Waals surface area contributed by atoms with Gasteiger partial charge in [-0.2, -0.15) is 5.10 Å². The molecule has 0 saturated carbocycles. The Labute approximate surface area is 109 Å². The quantitative estimate of drug-likeness (QED) is 0.856. The van der Waals surface area contributed by atoms with E-state index in [-0.39, 0.29) is 5.56 Å². The summed E-state index contributed by atoms with van der Waals surface area (Å²) in [5.41, 5.74) is 0.489. The monoisotopic (exact) mass is 262 g/mol. The summed E-state index contributed by atoms with van der Waals surface area (Å²) in [5.74, 6) is -0.250. The van der Waals surface area contributed by atoms with Gasteiger partial charge in [-0.1, -0.05) is 0 Å². The lowest BCUT2D eigenvalue weighted by atomic mass is 10.3. The van der Waals surface area contributed by atoms with Crippen LogP contribution >= 0.6 is 0 Å². The number of anilines is 1. The van der Waals surface area contributed by atoms with Gasteiger partial charge in [-0.05, 0) is 12.5 Å². The number of fused-ring (bicyclic) bond motifs is 1. The van der Waals surface area contributed by atoms with Crippen molar-refractivity contribution in [3.63, 3.8) is 0 Å². The smallest absolute Gasteiger partial charge is 0.341 e. The third-order valence-corrected chi connectivity index (χ3v) is 3.13. The zero-order chi connectivity index (χ0) is 13.2. The minimum absolute atomic E-state index is 0.118. The molecule has 1 aliphatic heterocycles. The fourth-order valence-electron chi connectivity index (χ4n) is 2.16. The Balaban J connectivity index is 1.99. The molecule has 1 fully saturated rings. The SMILES string of the molecule is O=C(O)c1cnn2ccc(N3CCCOCC3)nc12. The van der Waals surface area contributed by atoms with Gasteiger partial charge in [0.2, 0.25) is 0 Å². The summed E-state index contributed by atoms with van der Waals surface area (Å²) in [7, 11) is 0. The van der Waals surface area contributed by atoms with Crippen molar-refractivity contribution >= 4 is 17.4 Å². The molecule has 7 nitrogen and oxygen atoms in total. The van der Waals surface area contributed by atoms with E-state index in [0.29, 0.717) is 12.3 Å². The molecule has 0 bridgehead atoms. The average molecular weight is 262 g/mol. The maximum atomic E-state index is 11.1. The molecular weight excluding hydrogens is 248 g/mol. The lowest BCUT2D eigenvalue weighted by molar-refractivity contribution is 0.0699. The third kappa shape index (κ3) is 2.24. The molecule has 1 aliphatic rings. The van der Waals surface area contributed by atoms with E-state index >= 15 is 0 Å². The summed E-state index contributed by atoms with van der Waals surface area (Å²) in [5, 5.41) is 13.1. The normalized spacial score (nSPS) is 16.5. The number of rotatable bonds is 2. The van der Waals surface area contributed by atoms with Crippen molar-refractivity contribution in [2.45, 2.75) is 6.42 Å². The minimum atomic E-state index is -1.01. The molecule has 0 aliphatic carbocycles. The zero-order valence-corrected chi connectivity index (χ0v) is 10.3. The van der Waals surface area contributed by atoms with Gasteiger partial charge in [0.05, 0.1) is 12.8 Å². The van der Waals surface area contributed by atoms with Crippen LogP contribution in [0.4, 0.5) is 5.82 Å². The summed E-state index contributed by atoms with van der Waals surface area (Å²) < 4.78 is 6.87. The van der Waals surface area contributed by atoms with Gasteiger partial charge < -0.3 is 14.7 Å². The summed E-state index contributed by atoms with van der Waals surface area (Å²) in [6.45, 7) is 3.04. The molecular formula is C12H14N4O3. The Morgan fingerprint density at radius 1 is 1.37 bits per heavy atom. The molecule has 3 heterocycles. The maximum Gasteiger partial charge on any atom is 0.341 e. The van der Waals surface area contributed by atoms with Crippen LogP contribution in [0.1, 0.15) is 16.8 Å². The minimum Gasteiger partial charge on any atom is -0.477 e. The molecule has 100 valence electrons. The highest BCUT2D eigenvalue weighted by Gasteiger charge is 2.16. The molecule has 0 atom stereocenters. The second-order valence-electron chi connectivity index (χ2n) is 4.37. The Morgan fingerprint density at radius 3 is 3.11 bits per heavy atom. The van der Waals surface area contributed by atoms with Crippen LogP contribution in [0.3, 0.4) is 0 Å². The summed E-state index contributed by atoms with van der Waals surface area (Å²) >= 11 is 0. The molecule has 0 radical (unpaired) electrons. The molecule has 0 spiro atoms. The molecule has 0 unspecified atom stereocenters. The van der Waals surface area contributed by atoms with E-state index in [2.05, 4.69) is 15.0 Å². The van der Waals surface area contributed by atoms with Gasteiger partial charge in [0.15, 0.2) is 5.65 Å². The lowest BCUT2D eigenvalue weighted by Gasteiger charge is -2.20. The van der Waals surface area contributed by atoms with Gasteiger partial charge in [0.25, 0.3) is 0 Å². The van der Waals surface area contributed by atoms with Crippen molar-refractivity contribution in [3.8, 4) is 0 Å². The standard InChI is InChI=1S/C12H14N4O3/c17-12(18)9-8-13-16-4-2-10(14-11(9)16)15-3-1-6-19-7-5-15/h2,4,8H,1,3,5-7H2,(H,17,18). The van der Waals surface area contributed by atoms with E-state index in [1.54, 1.807) is 6.20 Å². The second-order valence-corrected chi connectivity index (χ2v) is 4.37. The predicted molar refractivity (Wildman–Crippen MR) is 67.6 cm³/mol. The fraction of sp³-hybridized carbons (Fsp3) is 0.417. The van der Waals surface area contributed by atoms with Crippen LogP contribution in [0.25, 0.3) is 5.65 Å². The van der Waals surface area contributed by atoms with Crippen LogP contribution in [0.15, 0.2) is 18.5 Å². The maximum absolute atomic E-state index is 11.1. The molecule has 1 N–H and O–H groups in total. The molecule has 0 amide bonds. The molecule has 2 aromatic heterocycles. The number of hydrogen-bond acceptors (Lipinski definition) is 5. The zero-order valence-electron chi connectivity index (χ0n) is 10.3. The third-order valence-electron chi connectivity index (χ3n) is 3.13. The van der Waals surface area contributed by atoms with E-state index in [1.165, 1.54) is 10.7 Å². The molecule has 1 saturated heterocycles. The predicted octanol–water partition coefficient (Wildman–Crippen LogP) is 0.654. The number of nitrogens with zero attached hydrogens (tertiary/aromatic N) is 4. The van der Waals surface area contributed by atoms with E-state index in [1.807, 2.05) is 6.07 Å². The molecule has 2 aromatic rings. The molecule has 19 heavy (non-hydrogen) atoms. The average Bonchev–Trinajstić information content (AvgIpc) is 2.64. The van der Waals surface area contributed by atoms with Crippen molar-refractivity contribution < 1.29 is 14.6 Å². The lowest BCUT2D eigenvalue weighted by Crippen LogP contribution is -2.27. The topological polar surface area (TPSA) is 80.0 Å². The van der Waals surface area contributed by atoms with Gasteiger partial charge in [0, 0.05) is 25.9 Å². The highest BCUT2D eigenvalue weighted by molar-refractivity contribution is 5.94. The number of carboxylic acids is 1. The van der Waals surface area contributed by atoms with Crippen molar-refractivity contribution in [1.29, 1.82) is 0 Å². The van der Waals surface area contributed by atoms with Gasteiger partial charge >= 0.3 is 5.97 Å². The first kappa shape index (κ1) is 11.9. The van der Waals surface area contributed by atoms with Gasteiger partial charge in [0.1, 0.15) is 11.4 Å². The van der Waals surface area contributed by atoms with Crippen LogP contribution in [0, 0.1) is 0 Å². The van der Waals surface area contributed by atoms with Crippen molar-refractivity contribution in [3.05, 3.63) is 24.0 Å². The van der Waals surface area contributed by atoms with E-state index in [4.69, 9.17) is 9.84 Å². The number of ether oxygens (including phenoxy) is 1. The fourth-order valence-corrected chi connectivity index (χ4v) is 2.16. The van der Waals surface area contributed by atoms with Gasteiger partial charge in [-0.3, -0.25) is 0 Å². The van der Waals surface area contributed by atoms with Crippen molar-refractivity contribution in [1.82, 2.24) is 14.6 Å². The first-order chi connectivity index (χ1) is 9.25. The number of aromatic carboxylic acids is 1. The van der Waals surface area contributed by atoms with Crippen LogP contribution < -0.4 is 4.90 Å².